The van der Waals surface area contributed by atoms with Crippen molar-refractivity contribution in [3.05, 3.63) is 35.6 Å². The second-order valence-electron chi connectivity index (χ2n) is 6.24. The molecule has 1 N–H and O–H groups in total. The van der Waals surface area contributed by atoms with Gasteiger partial charge in [-0.05, 0) is 43.0 Å². The van der Waals surface area contributed by atoms with E-state index in [9.17, 15) is 14.0 Å². The Labute approximate surface area is 130 Å². The molecule has 0 aliphatic carbocycles. The smallest absolute Gasteiger partial charge is 0.253 e. The van der Waals surface area contributed by atoms with Crippen LogP contribution in [-0.2, 0) is 4.79 Å². The van der Waals surface area contributed by atoms with Crippen LogP contribution in [0, 0.1) is 11.7 Å². The summed E-state index contributed by atoms with van der Waals surface area (Å²) in [6.45, 7) is 5.26. The summed E-state index contributed by atoms with van der Waals surface area (Å²) in [7, 11) is 0. The lowest BCUT2D eigenvalue weighted by Crippen LogP contribution is -2.46. The van der Waals surface area contributed by atoms with Crippen LogP contribution in [0.15, 0.2) is 24.3 Å². The molecule has 0 atom stereocenters. The Morgan fingerprint density at radius 2 is 1.82 bits per heavy atom. The first kappa shape index (κ1) is 16.5. The predicted octanol–water partition coefficient (Wildman–Crippen LogP) is 2.59. The molecule has 4 nitrogen and oxygen atoms in total. The molecule has 1 aliphatic rings. The first-order chi connectivity index (χ1) is 10.5. The van der Waals surface area contributed by atoms with Gasteiger partial charge in [0.15, 0.2) is 0 Å². The molecule has 0 saturated carbocycles. The van der Waals surface area contributed by atoms with Crippen molar-refractivity contribution in [2.45, 2.75) is 39.2 Å². The van der Waals surface area contributed by atoms with E-state index >= 15 is 0 Å². The molecule has 2 amide bonds. The van der Waals surface area contributed by atoms with Crippen LogP contribution in [0.25, 0.3) is 0 Å². The quantitative estimate of drug-likeness (QED) is 0.929. The minimum Gasteiger partial charge on any atom is -0.353 e. The molecule has 0 spiro atoms. The number of likely N-dealkylation sites (tertiary alicyclic amines) is 1. The minimum atomic E-state index is -0.344. The van der Waals surface area contributed by atoms with E-state index in [1.165, 1.54) is 24.3 Å². The number of benzene rings is 1. The molecule has 1 aromatic carbocycles. The molecule has 120 valence electrons. The van der Waals surface area contributed by atoms with Gasteiger partial charge in [-0.25, -0.2) is 4.39 Å². The van der Waals surface area contributed by atoms with Gasteiger partial charge in [0.1, 0.15) is 5.82 Å². The van der Waals surface area contributed by atoms with E-state index in [1.807, 2.05) is 13.8 Å². The van der Waals surface area contributed by atoms with Crippen molar-refractivity contribution in [3.63, 3.8) is 0 Å². The highest BCUT2D eigenvalue weighted by Crippen LogP contribution is 2.15. The van der Waals surface area contributed by atoms with Crippen molar-refractivity contribution in [2.75, 3.05) is 13.1 Å². The summed E-state index contributed by atoms with van der Waals surface area (Å²) in [6, 6.07) is 5.75. The van der Waals surface area contributed by atoms with Gasteiger partial charge in [-0.2, -0.15) is 0 Å². The number of carbonyl (C=O) groups excluding carboxylic acids is 2. The number of halogens is 1. The zero-order valence-electron chi connectivity index (χ0n) is 13.1. The number of piperidine rings is 1. The highest BCUT2D eigenvalue weighted by Gasteiger charge is 2.24. The molecule has 0 radical (unpaired) electrons. The van der Waals surface area contributed by atoms with Crippen LogP contribution < -0.4 is 5.32 Å². The molecule has 1 heterocycles. The highest BCUT2D eigenvalue weighted by molar-refractivity contribution is 5.94. The van der Waals surface area contributed by atoms with E-state index in [4.69, 9.17) is 0 Å². The van der Waals surface area contributed by atoms with Gasteiger partial charge in [0.25, 0.3) is 5.91 Å². The number of amides is 2. The van der Waals surface area contributed by atoms with E-state index < -0.39 is 0 Å². The maximum absolute atomic E-state index is 12.9. The molecule has 0 bridgehead atoms. The fourth-order valence-corrected chi connectivity index (χ4v) is 2.66. The molecule has 0 aromatic heterocycles. The van der Waals surface area contributed by atoms with Crippen molar-refractivity contribution in [1.29, 1.82) is 0 Å². The van der Waals surface area contributed by atoms with E-state index in [2.05, 4.69) is 5.32 Å². The number of nitrogens with one attached hydrogen (secondary N) is 1. The van der Waals surface area contributed by atoms with Crippen LogP contribution in [-0.4, -0.2) is 35.8 Å². The summed E-state index contributed by atoms with van der Waals surface area (Å²) in [4.78, 5) is 25.8. The van der Waals surface area contributed by atoms with Gasteiger partial charge in [0.05, 0.1) is 0 Å². The molecule has 1 aromatic rings. The number of nitrogens with zero attached hydrogens (tertiary/aromatic N) is 1. The number of carbonyl (C=O) groups is 2. The molecular weight excluding hydrogens is 283 g/mol. The molecule has 22 heavy (non-hydrogen) atoms. The summed E-state index contributed by atoms with van der Waals surface area (Å²) >= 11 is 0. The van der Waals surface area contributed by atoms with Crippen molar-refractivity contribution in [1.82, 2.24) is 10.2 Å². The van der Waals surface area contributed by atoms with E-state index in [1.54, 1.807) is 4.90 Å². The number of hydrogen-bond donors (Lipinski definition) is 1. The average Bonchev–Trinajstić information content (AvgIpc) is 2.47. The Kier molecular flexibility index (Phi) is 5.52. The monoisotopic (exact) mass is 306 g/mol. The predicted molar refractivity (Wildman–Crippen MR) is 82.9 cm³/mol. The largest absolute Gasteiger partial charge is 0.353 e. The Morgan fingerprint density at radius 3 is 2.36 bits per heavy atom. The van der Waals surface area contributed by atoms with Crippen LogP contribution in [0.1, 0.15) is 43.5 Å². The standard InChI is InChI=1S/C17H23FN2O2/c1-12(2)11-16(21)19-15-7-9-20(10-8-15)17(22)13-3-5-14(18)6-4-13/h3-6,12,15H,7-11H2,1-2H3,(H,19,21). The molecule has 0 unspecified atom stereocenters. The molecule has 2 rings (SSSR count). The Hall–Kier alpha value is -1.91. The fraction of sp³-hybridized carbons (Fsp3) is 0.529. The van der Waals surface area contributed by atoms with Crippen LogP contribution in [0.5, 0.6) is 0 Å². The van der Waals surface area contributed by atoms with Gasteiger partial charge in [-0.15, -0.1) is 0 Å². The molecule has 1 aliphatic heterocycles. The van der Waals surface area contributed by atoms with Gasteiger partial charge in [0.2, 0.25) is 5.91 Å². The molecular formula is C17H23FN2O2. The number of hydrogen-bond acceptors (Lipinski definition) is 2. The van der Waals surface area contributed by atoms with Crippen molar-refractivity contribution >= 4 is 11.8 Å². The van der Waals surface area contributed by atoms with Crippen molar-refractivity contribution < 1.29 is 14.0 Å². The molecule has 5 heteroatoms. The average molecular weight is 306 g/mol. The Bertz CT molecular complexity index is 520. The lowest BCUT2D eigenvalue weighted by Gasteiger charge is -2.32. The van der Waals surface area contributed by atoms with Crippen LogP contribution in [0.2, 0.25) is 0 Å². The summed E-state index contributed by atoms with van der Waals surface area (Å²) in [6.07, 6.45) is 2.06. The summed E-state index contributed by atoms with van der Waals surface area (Å²) in [5.41, 5.74) is 0.503. The summed E-state index contributed by atoms with van der Waals surface area (Å²) < 4.78 is 12.9. The van der Waals surface area contributed by atoms with Gasteiger partial charge in [0, 0.05) is 31.1 Å². The summed E-state index contributed by atoms with van der Waals surface area (Å²) in [5, 5.41) is 3.03. The third-order valence-electron chi connectivity index (χ3n) is 3.83. The lowest BCUT2D eigenvalue weighted by molar-refractivity contribution is -0.122. The zero-order valence-corrected chi connectivity index (χ0v) is 13.1. The third kappa shape index (κ3) is 4.55. The minimum absolute atomic E-state index is 0.0769. The number of rotatable bonds is 4. The highest BCUT2D eigenvalue weighted by atomic mass is 19.1. The van der Waals surface area contributed by atoms with Crippen molar-refractivity contribution in [3.8, 4) is 0 Å². The van der Waals surface area contributed by atoms with Crippen LogP contribution in [0.3, 0.4) is 0 Å². The first-order valence-corrected chi connectivity index (χ1v) is 7.80. The van der Waals surface area contributed by atoms with E-state index in [0.717, 1.165) is 12.8 Å². The van der Waals surface area contributed by atoms with E-state index in [0.29, 0.717) is 31.0 Å². The zero-order chi connectivity index (χ0) is 16.1. The Morgan fingerprint density at radius 1 is 1.23 bits per heavy atom. The lowest BCUT2D eigenvalue weighted by atomic mass is 10.0. The van der Waals surface area contributed by atoms with Gasteiger partial charge in [-0.3, -0.25) is 9.59 Å². The topological polar surface area (TPSA) is 49.4 Å². The van der Waals surface area contributed by atoms with Gasteiger partial charge in [-0.1, -0.05) is 13.8 Å². The summed E-state index contributed by atoms with van der Waals surface area (Å²) in [5.74, 6) is 0.00790. The Balaban J connectivity index is 1.83. The maximum atomic E-state index is 12.9. The SMILES string of the molecule is CC(C)CC(=O)NC1CCN(C(=O)c2ccc(F)cc2)CC1. The van der Waals surface area contributed by atoms with Crippen molar-refractivity contribution in [2.24, 2.45) is 5.92 Å². The maximum Gasteiger partial charge on any atom is 0.253 e. The second-order valence-corrected chi connectivity index (χ2v) is 6.24. The van der Waals surface area contributed by atoms with Gasteiger partial charge < -0.3 is 10.2 Å². The molecule has 1 saturated heterocycles. The third-order valence-corrected chi connectivity index (χ3v) is 3.83. The van der Waals surface area contributed by atoms with E-state index in [-0.39, 0.29) is 23.7 Å². The van der Waals surface area contributed by atoms with Crippen LogP contribution >= 0.6 is 0 Å². The molecule has 1 fully saturated rings. The fourth-order valence-electron chi connectivity index (χ4n) is 2.66. The first-order valence-electron chi connectivity index (χ1n) is 7.80. The normalized spacial score (nSPS) is 15.9. The second kappa shape index (κ2) is 7.38. The van der Waals surface area contributed by atoms with Crippen LogP contribution in [0.4, 0.5) is 4.39 Å². The van der Waals surface area contributed by atoms with Gasteiger partial charge >= 0.3 is 0 Å².